The number of benzene rings is 6. The molecular formula is C84H96N14O14. The summed E-state index contributed by atoms with van der Waals surface area (Å²) in [5.74, 6) is -1.92. The summed E-state index contributed by atoms with van der Waals surface area (Å²) < 4.78 is 31.8. The zero-order valence-electron chi connectivity index (χ0n) is 63.9. The molecule has 6 aliphatic rings. The number of aromatic nitrogens is 3. The molecule has 28 nitrogen and oxygen atoms in total. The standard InChI is InChI=1S/C84H96N14O14/c1-7-97-77-60-19-11-12-20-64(60)95(46-55-17-9-10-18-59(55)76(77)92-93-97)74(102)31-30-72(100)87-34-14-13-21-73(101)91-75(50(2)3)67(99)37-51(4)78(103)90-57-28-24-53(25-29-57)48-112-83(107)98-65-42-71(69(109-6)40-62(65)80(105)96-49-84(32-33-84)43-66(96)81(98)106)111-36-16-8-15-35-110-70-41-63-61(39-68(70)108-5)79(104)94-47-56(38-58(94)45-88-63)54-26-22-52(23-27-54)44-89-82(85)86/h9-12,17-20,22-29,39-42,45,47,50-51,58,66,75,81,106H,7-8,13-16,21,30-38,43-44,46,48-49H2,1-6H3,(H,87,100)(H,90,103)(H,91,101)(H4,85,86,89)/t51-,58+,66+,75+,81?/m1/s1. The monoisotopic (exact) mass is 1520 g/mol. The van der Waals surface area contributed by atoms with Crippen LogP contribution in [0.5, 0.6) is 23.0 Å². The fourth-order valence-corrected chi connectivity index (χ4v) is 15.2. The number of Topliss-reactive ketones (excluding diaryl/α,β-unsaturated/α-hetero) is 1. The number of aliphatic hydroxyl groups is 1. The van der Waals surface area contributed by atoms with Crippen LogP contribution in [0.25, 0.3) is 28.1 Å². The van der Waals surface area contributed by atoms with Crippen molar-refractivity contribution in [2.45, 2.75) is 162 Å². The molecule has 1 spiro atoms. The maximum atomic E-state index is 14.5. The molecule has 1 aliphatic carbocycles. The fourth-order valence-electron chi connectivity index (χ4n) is 15.2. The summed E-state index contributed by atoms with van der Waals surface area (Å²) in [5, 5.41) is 40.0. The molecule has 5 aliphatic heterocycles. The van der Waals surface area contributed by atoms with Gasteiger partial charge in [-0.25, -0.2) is 14.4 Å². The topological polar surface area (TPSA) is 357 Å². The minimum Gasteiger partial charge on any atom is -0.493 e. The Labute approximate surface area is 649 Å². The van der Waals surface area contributed by atoms with E-state index in [9.17, 15) is 43.5 Å². The highest BCUT2D eigenvalue weighted by Gasteiger charge is 2.58. The smallest absolute Gasteiger partial charge is 0.416 e. The second-order valence-electron chi connectivity index (χ2n) is 29.8. The minimum atomic E-state index is -1.47. The number of guanidine groups is 1. The van der Waals surface area contributed by atoms with Crippen molar-refractivity contribution in [2.24, 2.45) is 28.0 Å². The number of anilines is 3. The molecule has 7 amide bonds. The Balaban J connectivity index is 0.552. The lowest BCUT2D eigenvalue weighted by Crippen LogP contribution is -2.50. The van der Waals surface area contributed by atoms with Gasteiger partial charge < -0.3 is 70.5 Å². The molecular weight excluding hydrogens is 1430 g/mol. The van der Waals surface area contributed by atoms with Gasteiger partial charge in [-0.05, 0) is 128 Å². The molecule has 6 aromatic carbocycles. The number of para-hydroxylation sites is 1. The Bertz CT molecular complexity index is 4800. The molecule has 6 heterocycles. The molecule has 0 bridgehead atoms. The summed E-state index contributed by atoms with van der Waals surface area (Å²) in [4.78, 5) is 122. The summed E-state index contributed by atoms with van der Waals surface area (Å²) in [7, 11) is 2.98. The van der Waals surface area contributed by atoms with Crippen LogP contribution in [0, 0.1) is 22.7 Å². The first-order valence-electron chi connectivity index (χ1n) is 38.4. The Morgan fingerprint density at radius 2 is 1.43 bits per heavy atom. The van der Waals surface area contributed by atoms with Gasteiger partial charge in [0, 0.05) is 106 Å². The van der Waals surface area contributed by atoms with E-state index in [0.717, 1.165) is 62.5 Å². The maximum Gasteiger partial charge on any atom is 0.416 e. The number of ketones is 1. The van der Waals surface area contributed by atoms with Gasteiger partial charge in [-0.1, -0.05) is 105 Å². The van der Waals surface area contributed by atoms with Gasteiger partial charge in [0.1, 0.15) is 12.3 Å². The van der Waals surface area contributed by atoms with E-state index in [1.54, 1.807) is 70.3 Å². The highest BCUT2D eigenvalue weighted by molar-refractivity contribution is 6.08. The third-order valence-corrected chi connectivity index (χ3v) is 21.6. The van der Waals surface area contributed by atoms with E-state index >= 15 is 0 Å². The van der Waals surface area contributed by atoms with E-state index in [-0.39, 0.29) is 120 Å². The van der Waals surface area contributed by atoms with E-state index < -0.39 is 36.2 Å². The van der Waals surface area contributed by atoms with Gasteiger partial charge in [-0.3, -0.25) is 44.0 Å². The van der Waals surface area contributed by atoms with Crippen LogP contribution in [-0.4, -0.2) is 154 Å². The molecule has 2 fully saturated rings. The Morgan fingerprint density at radius 1 is 0.732 bits per heavy atom. The normalized spacial score (nSPS) is 17.3. The Morgan fingerprint density at radius 3 is 2.13 bits per heavy atom. The van der Waals surface area contributed by atoms with Gasteiger partial charge in [0.05, 0.1) is 86.0 Å². The maximum absolute atomic E-state index is 14.5. The van der Waals surface area contributed by atoms with Crippen LogP contribution in [0.2, 0.25) is 0 Å². The molecule has 1 unspecified atom stereocenters. The van der Waals surface area contributed by atoms with Gasteiger partial charge in [-0.15, -0.1) is 5.10 Å². The first kappa shape index (κ1) is 78.2. The van der Waals surface area contributed by atoms with E-state index in [1.807, 2.05) is 104 Å². The molecule has 7 aromatic rings. The van der Waals surface area contributed by atoms with Gasteiger partial charge in [0.15, 0.2) is 41.0 Å². The predicted molar refractivity (Wildman–Crippen MR) is 421 cm³/mol. The van der Waals surface area contributed by atoms with Crippen LogP contribution in [0.4, 0.5) is 27.5 Å². The first-order chi connectivity index (χ1) is 54.1. The molecule has 112 heavy (non-hydrogen) atoms. The summed E-state index contributed by atoms with van der Waals surface area (Å²) in [5.41, 5.74) is 15.2. The van der Waals surface area contributed by atoms with Gasteiger partial charge in [-0.2, -0.15) is 0 Å². The van der Waals surface area contributed by atoms with Crippen LogP contribution >= 0.6 is 0 Å². The minimum absolute atomic E-state index is 0.0222. The second-order valence-corrected chi connectivity index (χ2v) is 29.8. The van der Waals surface area contributed by atoms with E-state index in [1.165, 1.54) is 20.3 Å². The molecule has 0 radical (unpaired) electrons. The number of carbonyl (C=O) groups excluding carboxylic acids is 8. The number of aryl methyl sites for hydroxylation is 1. The van der Waals surface area contributed by atoms with E-state index in [4.69, 9.17) is 39.8 Å². The van der Waals surface area contributed by atoms with Crippen molar-refractivity contribution < 1.29 is 67.1 Å². The quantitative estimate of drug-likeness (QED) is 0.0121. The van der Waals surface area contributed by atoms with Gasteiger partial charge in [0.2, 0.25) is 23.6 Å². The number of carbonyl (C=O) groups is 8. The largest absolute Gasteiger partial charge is 0.493 e. The van der Waals surface area contributed by atoms with Crippen molar-refractivity contribution in [3.63, 3.8) is 0 Å². The SMILES string of the molecule is CCn1nnc2c1-c1ccccc1N(C(=O)CCC(=O)NCCCCC(=O)N[C@H](C(=O)C[C@@H](C)C(=O)Nc1ccc(COC(=O)N3c4cc(OCCCCCOc5cc6c(cc5OC)C(=O)N5C=C(c7ccc(CNC(=N)N)cc7)C[C@H]5C=N6)c(OC)cc4C(=O)N4CC5(CC5)C[C@H]4C3O)cc1)C(C)C)Cc1ccccc1-2. The molecule has 5 atom stereocenters. The zero-order chi connectivity index (χ0) is 78.9. The number of methoxy groups -OCH3 is 2. The third-order valence-electron chi connectivity index (χ3n) is 21.6. The number of hydrogen-bond donors (Lipinski definition) is 7. The van der Waals surface area contributed by atoms with Gasteiger partial charge in [0.25, 0.3) is 11.8 Å². The molecule has 13 rings (SSSR count). The fraction of sp³-hybridized carbons (Fsp3) is 0.405. The number of unbranched alkanes of at least 4 members (excludes halogenated alkanes) is 3. The predicted octanol–water partition coefficient (Wildman–Crippen LogP) is 11.0. The average Bonchev–Trinajstić information content (AvgIpc) is 1.56. The van der Waals surface area contributed by atoms with Crippen molar-refractivity contribution in [1.29, 1.82) is 5.41 Å². The number of nitrogens with two attached hydrogens (primary N) is 1. The van der Waals surface area contributed by atoms with Crippen LogP contribution in [0.3, 0.4) is 0 Å². The zero-order valence-corrected chi connectivity index (χ0v) is 63.9. The Hall–Kier alpha value is -11.9. The molecule has 1 saturated carbocycles. The number of hydrogen-bond acceptors (Lipinski definition) is 18. The van der Waals surface area contributed by atoms with E-state index in [0.29, 0.717) is 124 Å². The summed E-state index contributed by atoms with van der Waals surface area (Å²) in [6, 6.07) is 34.6. The van der Waals surface area contributed by atoms with Crippen molar-refractivity contribution in [1.82, 2.24) is 40.7 Å². The van der Waals surface area contributed by atoms with Crippen LogP contribution in [0.1, 0.15) is 154 Å². The lowest BCUT2D eigenvalue weighted by molar-refractivity contribution is -0.130. The molecule has 586 valence electrons. The number of amides is 7. The summed E-state index contributed by atoms with van der Waals surface area (Å²) in [6.45, 7) is 9.60. The average molecular weight is 1530 g/mol. The number of rotatable bonds is 31. The van der Waals surface area contributed by atoms with Crippen LogP contribution in [-0.2, 0) is 55.0 Å². The summed E-state index contributed by atoms with van der Waals surface area (Å²) in [6.07, 6.45) is 6.87. The van der Waals surface area contributed by atoms with Crippen LogP contribution in [0.15, 0.2) is 133 Å². The molecule has 1 aromatic heterocycles. The highest BCUT2D eigenvalue weighted by atomic mass is 16.6. The number of ether oxygens (including phenoxy) is 5. The lowest BCUT2D eigenvalue weighted by atomic mass is 9.92. The van der Waals surface area contributed by atoms with Gasteiger partial charge >= 0.3 is 6.09 Å². The second kappa shape index (κ2) is 34.5. The van der Waals surface area contributed by atoms with Crippen molar-refractivity contribution >= 4 is 87.8 Å². The third kappa shape index (κ3) is 17.5. The molecule has 1 saturated heterocycles. The number of nitrogens with one attached hydrogen (secondary N) is 5. The summed E-state index contributed by atoms with van der Waals surface area (Å²) >= 11 is 0. The number of fused-ring (bicyclic) bond motifs is 9. The first-order valence-corrected chi connectivity index (χ1v) is 38.4. The molecule has 28 heteroatoms. The molecule has 8 N–H and O–H groups in total. The number of aliphatic hydroxyl groups excluding tert-OH is 1. The number of aliphatic imine (C=N–C) groups is 1. The van der Waals surface area contributed by atoms with Crippen molar-refractivity contribution in [2.75, 3.05) is 55.6 Å². The van der Waals surface area contributed by atoms with Crippen molar-refractivity contribution in [3.8, 4) is 45.5 Å². The van der Waals surface area contributed by atoms with Crippen molar-refractivity contribution in [3.05, 3.63) is 161 Å². The highest BCUT2D eigenvalue weighted by Crippen LogP contribution is 2.57. The Kier molecular flexibility index (Phi) is 24.1. The van der Waals surface area contributed by atoms with Crippen LogP contribution < -0.4 is 55.7 Å². The number of nitrogens with zero attached hydrogens (tertiary/aromatic N) is 8. The lowest BCUT2D eigenvalue weighted by Gasteiger charge is -2.31. The van der Waals surface area contributed by atoms with E-state index in [2.05, 4.69) is 31.6 Å².